The first-order chi connectivity index (χ1) is 19.2. The fraction of sp³-hybridized carbons (Fsp3) is 0.438. The van der Waals surface area contributed by atoms with Gasteiger partial charge >= 0.3 is 41.9 Å². The summed E-state index contributed by atoms with van der Waals surface area (Å²) in [6.45, 7) is 17.8. The van der Waals surface area contributed by atoms with Gasteiger partial charge in [-0.25, -0.2) is 16.8 Å². The zero-order valence-electron chi connectivity index (χ0n) is 26.7. The summed E-state index contributed by atoms with van der Waals surface area (Å²) >= 11 is 1.74. The van der Waals surface area contributed by atoms with Gasteiger partial charge in [0.25, 0.3) is 0 Å². The molecule has 0 aliphatic carbocycles. The van der Waals surface area contributed by atoms with E-state index in [0.29, 0.717) is 12.5 Å². The van der Waals surface area contributed by atoms with Crippen LogP contribution in [0.5, 0.6) is 0 Å². The van der Waals surface area contributed by atoms with E-state index in [2.05, 4.69) is 103 Å². The van der Waals surface area contributed by atoms with Crippen LogP contribution < -0.4 is 0 Å². The van der Waals surface area contributed by atoms with Crippen LogP contribution in [-0.2, 0) is 56.4 Å². The Bertz CT molecular complexity index is 1510. The average Bonchev–Trinajstić information content (AvgIpc) is 3.39. The van der Waals surface area contributed by atoms with Crippen LogP contribution in [0.3, 0.4) is 0 Å². The van der Waals surface area contributed by atoms with Crippen LogP contribution in [0.25, 0.3) is 21.5 Å². The van der Waals surface area contributed by atoms with Crippen LogP contribution in [0.1, 0.15) is 60.1 Å². The van der Waals surface area contributed by atoms with E-state index in [9.17, 15) is 0 Å². The Hall–Kier alpha value is -1.42. The molecule has 0 amide bonds. The van der Waals surface area contributed by atoms with Crippen molar-refractivity contribution in [1.29, 1.82) is 0 Å². The van der Waals surface area contributed by atoms with Crippen molar-refractivity contribution in [1.82, 2.24) is 0 Å². The number of aryl methyl sites for hydroxylation is 6. The topological polar surface area (TPSA) is 114 Å². The molecule has 232 valence electrons. The van der Waals surface area contributed by atoms with Crippen LogP contribution in [-0.4, -0.2) is 43.9 Å². The van der Waals surface area contributed by atoms with E-state index in [4.69, 9.17) is 25.9 Å². The Morgan fingerprint density at radius 3 is 1.19 bits per heavy atom. The molecule has 0 unspecified atom stereocenters. The molecule has 42 heavy (non-hydrogen) atoms. The molecule has 4 rings (SSSR count). The molecule has 0 aliphatic rings. The molecule has 0 radical (unpaired) electrons. The van der Waals surface area contributed by atoms with Crippen LogP contribution in [0.15, 0.2) is 48.5 Å². The second kappa shape index (κ2) is 19.1. The standard InChI is InChI=1S/2C14H17.C2H6Si.2CH4O3S.Zr/c2*1-4-5-12-7-6-11(3)13-8-10(2)9-14(12)13;1-3-2;2*1-5(2,3)4;/h2*6-9H,4-5H2,1-3H3;1-2H3;2*1H3,(H,2,3,4);/q2*-1;;;;+2/p-2. The van der Waals surface area contributed by atoms with Gasteiger partial charge in [0, 0.05) is 12.5 Å². The summed E-state index contributed by atoms with van der Waals surface area (Å²) in [4.78, 5) is 0. The van der Waals surface area contributed by atoms with E-state index in [-0.39, 0.29) is 5.43 Å². The Morgan fingerprint density at radius 2 is 0.952 bits per heavy atom. The van der Waals surface area contributed by atoms with Gasteiger partial charge in [-0.1, -0.05) is 77.6 Å². The third-order valence-corrected chi connectivity index (χ3v) is 5.72. The van der Waals surface area contributed by atoms with Gasteiger partial charge in [-0.2, -0.15) is 12.1 Å². The van der Waals surface area contributed by atoms with Crippen molar-refractivity contribution in [3.63, 3.8) is 0 Å². The maximum atomic E-state index is 9.08. The summed E-state index contributed by atoms with van der Waals surface area (Å²) in [5.41, 5.74) is 8.77. The van der Waals surface area contributed by atoms with E-state index in [1.807, 2.05) is 0 Å². The van der Waals surface area contributed by atoms with E-state index >= 15 is 0 Å². The SMILES string of the molecule is CCCc1ccc(C)c2[cH-]c(C)cc12.CCCc1ccc(C)c2[cH-]c(C)cc12.CS(=O)(=O)[O-].CS(=O)(=O)[O-].C[Si](C)=[Zr+2]. The van der Waals surface area contributed by atoms with Crippen molar-refractivity contribution in [3.05, 3.63) is 81.9 Å². The summed E-state index contributed by atoms with van der Waals surface area (Å²) in [5.74, 6) is 0. The zero-order chi connectivity index (χ0) is 32.8. The summed E-state index contributed by atoms with van der Waals surface area (Å²) in [6, 6.07) is 18.3. The minimum atomic E-state index is -3.92. The second-order valence-electron chi connectivity index (χ2n) is 10.7. The first-order valence-electron chi connectivity index (χ1n) is 13.8. The first-order valence-corrected chi connectivity index (χ1v) is 23.6. The molecule has 0 saturated heterocycles. The minimum absolute atomic E-state index is 0.210. The predicted octanol–water partition coefficient (Wildman–Crippen LogP) is 7.36. The number of hydrogen-bond acceptors (Lipinski definition) is 6. The van der Waals surface area contributed by atoms with Crippen molar-refractivity contribution in [3.8, 4) is 0 Å². The molecule has 0 bridgehead atoms. The molecule has 10 heteroatoms. The maximum absolute atomic E-state index is 9.08. The number of benzene rings is 2. The number of fused-ring (bicyclic) bond motifs is 2. The van der Waals surface area contributed by atoms with Crippen molar-refractivity contribution in [2.75, 3.05) is 12.5 Å². The number of hydrogen-bond donors (Lipinski definition) is 0. The summed E-state index contributed by atoms with van der Waals surface area (Å²) < 4.78 is 54.5. The van der Waals surface area contributed by atoms with Gasteiger partial charge in [0.05, 0.1) is 20.2 Å². The van der Waals surface area contributed by atoms with Crippen molar-refractivity contribution < 1.29 is 49.3 Å². The molecule has 4 aromatic carbocycles. The van der Waals surface area contributed by atoms with Gasteiger partial charge in [-0.3, -0.25) is 0 Å². The molecule has 0 spiro atoms. The van der Waals surface area contributed by atoms with Gasteiger partial charge < -0.3 is 9.11 Å². The van der Waals surface area contributed by atoms with Gasteiger partial charge in [0.15, 0.2) is 0 Å². The van der Waals surface area contributed by atoms with Gasteiger partial charge in [-0.05, 0) is 12.8 Å². The van der Waals surface area contributed by atoms with Gasteiger partial charge in [0.1, 0.15) is 0 Å². The monoisotopic (exact) mass is 708 g/mol. The predicted molar refractivity (Wildman–Crippen MR) is 175 cm³/mol. The normalized spacial score (nSPS) is 10.8. The molecule has 4 aromatic rings. The molecule has 0 N–H and O–H groups in total. The summed E-state index contributed by atoms with van der Waals surface area (Å²) in [7, 11) is -7.83. The Labute approximate surface area is 269 Å². The van der Waals surface area contributed by atoms with Crippen LogP contribution in [0, 0.1) is 27.7 Å². The van der Waals surface area contributed by atoms with Crippen LogP contribution in [0.4, 0.5) is 0 Å². The second-order valence-corrected chi connectivity index (χ2v) is 22.9. The molecular formula is C32H46O6S2SiZr-2. The van der Waals surface area contributed by atoms with Crippen molar-refractivity contribution in [2.45, 2.75) is 80.3 Å². The van der Waals surface area contributed by atoms with Crippen molar-refractivity contribution in [2.24, 2.45) is 0 Å². The Balaban J connectivity index is 0.000000560. The third-order valence-electron chi connectivity index (χ3n) is 5.72. The molecular weight excluding hydrogens is 664 g/mol. The van der Waals surface area contributed by atoms with E-state index in [0.717, 1.165) is 0 Å². The van der Waals surface area contributed by atoms with Crippen LogP contribution in [0.2, 0.25) is 13.1 Å². The zero-order valence-corrected chi connectivity index (χ0v) is 31.8. The number of rotatable bonds is 4. The average molecular weight is 710 g/mol. The summed E-state index contributed by atoms with van der Waals surface area (Å²) in [5, 5.41) is 5.80. The van der Waals surface area contributed by atoms with Gasteiger partial charge in [0.2, 0.25) is 0 Å². The van der Waals surface area contributed by atoms with Crippen molar-refractivity contribution >= 4 is 47.2 Å². The fourth-order valence-corrected chi connectivity index (χ4v) is 4.27. The van der Waals surface area contributed by atoms with Crippen LogP contribution >= 0.6 is 0 Å². The molecule has 0 fully saturated rings. The third kappa shape index (κ3) is 18.3. The summed E-state index contributed by atoms with van der Waals surface area (Å²) in [6.07, 6.45) is 6.05. The first kappa shape index (κ1) is 40.6. The van der Waals surface area contributed by atoms with E-state index < -0.39 is 20.2 Å². The van der Waals surface area contributed by atoms with E-state index in [1.165, 1.54) is 80.6 Å². The van der Waals surface area contributed by atoms with E-state index in [1.54, 1.807) is 23.3 Å². The Morgan fingerprint density at radius 1 is 0.690 bits per heavy atom. The molecule has 0 saturated carbocycles. The molecule has 6 nitrogen and oxygen atoms in total. The quantitative estimate of drug-likeness (QED) is 0.124. The fourth-order valence-electron chi connectivity index (χ4n) is 4.27. The molecule has 0 aliphatic heterocycles. The Kier molecular flexibility index (Phi) is 18.4. The molecule has 0 atom stereocenters. The van der Waals surface area contributed by atoms with Gasteiger partial charge in [-0.15, -0.1) is 68.1 Å². The molecule has 0 aromatic heterocycles. The molecule has 0 heterocycles.